The van der Waals surface area contributed by atoms with Crippen molar-refractivity contribution < 1.29 is 0 Å². The molecular formula is C16H17N5O. The van der Waals surface area contributed by atoms with E-state index in [-0.39, 0.29) is 5.56 Å². The standard InChI is InChI=1S/C16H17N5O/c22-15-13-3-1-2-4-14(13)19-16(21(15)12-5-6-12)18-8-10-20-9-7-17-11-20/h1-4,7,9,11-12H,5-6,8,10H2,(H,18,19). The number of nitrogens with zero attached hydrogens (tertiary/aromatic N) is 4. The molecule has 0 amide bonds. The van der Waals surface area contributed by atoms with Gasteiger partial charge in [-0.15, -0.1) is 0 Å². The highest BCUT2D eigenvalue weighted by Gasteiger charge is 2.28. The molecule has 22 heavy (non-hydrogen) atoms. The zero-order valence-corrected chi connectivity index (χ0v) is 12.1. The molecule has 1 aliphatic rings. The molecule has 1 aromatic carbocycles. The van der Waals surface area contributed by atoms with Gasteiger partial charge in [-0.05, 0) is 25.0 Å². The molecule has 0 aliphatic heterocycles. The van der Waals surface area contributed by atoms with Crippen molar-refractivity contribution in [2.75, 3.05) is 11.9 Å². The Labute approximate surface area is 127 Å². The SMILES string of the molecule is O=c1c2ccccc2nc(NCCn2ccnc2)n1C1CC1. The van der Waals surface area contributed by atoms with Crippen molar-refractivity contribution in [3.8, 4) is 0 Å². The van der Waals surface area contributed by atoms with Gasteiger partial charge < -0.3 is 9.88 Å². The Kier molecular flexibility index (Phi) is 3.14. The second-order valence-electron chi connectivity index (χ2n) is 5.59. The maximum absolute atomic E-state index is 12.7. The molecule has 3 aromatic rings. The number of anilines is 1. The van der Waals surface area contributed by atoms with Crippen molar-refractivity contribution in [2.45, 2.75) is 25.4 Å². The van der Waals surface area contributed by atoms with E-state index in [0.717, 1.165) is 24.9 Å². The van der Waals surface area contributed by atoms with E-state index in [2.05, 4.69) is 15.3 Å². The van der Waals surface area contributed by atoms with Gasteiger partial charge in [0.2, 0.25) is 5.95 Å². The van der Waals surface area contributed by atoms with Gasteiger partial charge in [0, 0.05) is 31.5 Å². The topological polar surface area (TPSA) is 64.7 Å². The van der Waals surface area contributed by atoms with Gasteiger partial charge in [0.05, 0.1) is 17.2 Å². The van der Waals surface area contributed by atoms with Crippen LogP contribution >= 0.6 is 0 Å². The Balaban J connectivity index is 1.66. The molecule has 1 fully saturated rings. The molecule has 0 saturated heterocycles. The molecule has 112 valence electrons. The van der Waals surface area contributed by atoms with E-state index in [1.165, 1.54) is 0 Å². The van der Waals surface area contributed by atoms with Crippen molar-refractivity contribution in [3.63, 3.8) is 0 Å². The van der Waals surface area contributed by atoms with Crippen molar-refractivity contribution >= 4 is 16.9 Å². The number of fused-ring (bicyclic) bond motifs is 1. The van der Waals surface area contributed by atoms with Gasteiger partial charge in [-0.2, -0.15) is 0 Å². The summed E-state index contributed by atoms with van der Waals surface area (Å²) in [4.78, 5) is 21.4. The zero-order chi connectivity index (χ0) is 14.9. The lowest BCUT2D eigenvalue weighted by Gasteiger charge is -2.14. The van der Waals surface area contributed by atoms with E-state index < -0.39 is 0 Å². The summed E-state index contributed by atoms with van der Waals surface area (Å²) >= 11 is 0. The van der Waals surface area contributed by atoms with Crippen molar-refractivity contribution in [2.24, 2.45) is 0 Å². The van der Waals surface area contributed by atoms with Crippen LogP contribution in [-0.4, -0.2) is 25.6 Å². The first-order valence-electron chi connectivity index (χ1n) is 7.54. The van der Waals surface area contributed by atoms with Crippen LogP contribution < -0.4 is 10.9 Å². The summed E-state index contributed by atoms with van der Waals surface area (Å²) < 4.78 is 3.81. The average molecular weight is 295 g/mol. The van der Waals surface area contributed by atoms with Gasteiger partial charge in [-0.3, -0.25) is 9.36 Å². The minimum Gasteiger partial charge on any atom is -0.354 e. The van der Waals surface area contributed by atoms with E-state index in [4.69, 9.17) is 0 Å². The van der Waals surface area contributed by atoms with Gasteiger partial charge in [0.15, 0.2) is 0 Å². The highest BCUT2D eigenvalue weighted by atomic mass is 16.1. The third-order valence-corrected chi connectivity index (χ3v) is 3.93. The van der Waals surface area contributed by atoms with Gasteiger partial charge in [-0.1, -0.05) is 12.1 Å². The molecule has 0 spiro atoms. The Bertz CT molecular complexity index is 849. The number of para-hydroxylation sites is 1. The first kappa shape index (κ1) is 13.1. The van der Waals surface area contributed by atoms with Gasteiger partial charge in [-0.25, -0.2) is 9.97 Å². The van der Waals surface area contributed by atoms with E-state index >= 15 is 0 Å². The molecule has 0 bridgehead atoms. The molecule has 1 N–H and O–H groups in total. The number of aromatic nitrogens is 4. The summed E-state index contributed by atoms with van der Waals surface area (Å²) in [5, 5.41) is 4.00. The Hall–Kier alpha value is -2.63. The monoisotopic (exact) mass is 295 g/mol. The molecular weight excluding hydrogens is 278 g/mol. The van der Waals surface area contributed by atoms with Crippen LogP contribution in [0.3, 0.4) is 0 Å². The zero-order valence-electron chi connectivity index (χ0n) is 12.1. The summed E-state index contributed by atoms with van der Waals surface area (Å²) in [7, 11) is 0. The fraction of sp³-hybridized carbons (Fsp3) is 0.312. The fourth-order valence-corrected chi connectivity index (χ4v) is 2.66. The second-order valence-corrected chi connectivity index (χ2v) is 5.59. The first-order chi connectivity index (χ1) is 10.8. The normalized spacial score (nSPS) is 14.4. The van der Waals surface area contributed by atoms with Crippen LogP contribution in [0.1, 0.15) is 18.9 Å². The van der Waals surface area contributed by atoms with Crippen LogP contribution in [0.4, 0.5) is 5.95 Å². The maximum atomic E-state index is 12.7. The van der Waals surface area contributed by atoms with E-state index in [0.29, 0.717) is 23.9 Å². The van der Waals surface area contributed by atoms with Gasteiger partial charge in [0.1, 0.15) is 0 Å². The summed E-state index contributed by atoms with van der Waals surface area (Å²) in [6.45, 7) is 1.49. The lowest BCUT2D eigenvalue weighted by atomic mass is 10.2. The van der Waals surface area contributed by atoms with Crippen molar-refractivity contribution in [3.05, 3.63) is 53.3 Å². The fourth-order valence-electron chi connectivity index (χ4n) is 2.66. The summed E-state index contributed by atoms with van der Waals surface area (Å²) in [6.07, 6.45) is 7.56. The van der Waals surface area contributed by atoms with Crippen LogP contribution in [0.15, 0.2) is 47.8 Å². The molecule has 1 aliphatic carbocycles. The average Bonchev–Trinajstić information content (AvgIpc) is 3.23. The molecule has 0 radical (unpaired) electrons. The van der Waals surface area contributed by atoms with Crippen molar-refractivity contribution in [1.29, 1.82) is 0 Å². The quantitative estimate of drug-likeness (QED) is 0.782. The van der Waals surface area contributed by atoms with Gasteiger partial charge in [0.25, 0.3) is 5.56 Å². The predicted octanol–water partition coefficient (Wildman–Crippen LogP) is 2.04. The third kappa shape index (κ3) is 2.36. The lowest BCUT2D eigenvalue weighted by molar-refractivity contribution is 0.681. The molecule has 0 atom stereocenters. The number of hydrogen-bond acceptors (Lipinski definition) is 4. The first-order valence-corrected chi connectivity index (χ1v) is 7.54. The number of nitrogens with one attached hydrogen (secondary N) is 1. The summed E-state index contributed by atoms with van der Waals surface area (Å²) in [5.41, 5.74) is 0.799. The van der Waals surface area contributed by atoms with E-state index in [9.17, 15) is 4.79 Å². The number of hydrogen-bond donors (Lipinski definition) is 1. The molecule has 0 unspecified atom stereocenters. The highest BCUT2D eigenvalue weighted by molar-refractivity contribution is 5.78. The molecule has 4 rings (SSSR count). The summed E-state index contributed by atoms with van der Waals surface area (Å²) in [6, 6.07) is 7.81. The third-order valence-electron chi connectivity index (χ3n) is 3.93. The number of benzene rings is 1. The smallest absolute Gasteiger partial charge is 0.263 e. The molecule has 1 saturated carbocycles. The molecule has 2 heterocycles. The van der Waals surface area contributed by atoms with Crippen LogP contribution in [0.25, 0.3) is 10.9 Å². The van der Waals surface area contributed by atoms with Crippen LogP contribution in [0.5, 0.6) is 0 Å². The second kappa shape index (κ2) is 5.29. The minimum absolute atomic E-state index is 0.0539. The largest absolute Gasteiger partial charge is 0.354 e. The lowest BCUT2D eigenvalue weighted by Crippen LogP contribution is -2.25. The molecule has 6 heteroatoms. The van der Waals surface area contributed by atoms with Crippen LogP contribution in [0.2, 0.25) is 0 Å². The minimum atomic E-state index is 0.0539. The predicted molar refractivity (Wildman–Crippen MR) is 85.0 cm³/mol. The van der Waals surface area contributed by atoms with Crippen molar-refractivity contribution in [1.82, 2.24) is 19.1 Å². The number of imidazole rings is 1. The van der Waals surface area contributed by atoms with E-state index in [1.54, 1.807) is 12.5 Å². The Morgan fingerprint density at radius 3 is 2.91 bits per heavy atom. The number of rotatable bonds is 5. The Morgan fingerprint density at radius 1 is 1.27 bits per heavy atom. The molecule has 6 nitrogen and oxygen atoms in total. The maximum Gasteiger partial charge on any atom is 0.263 e. The van der Waals surface area contributed by atoms with Crippen LogP contribution in [0, 0.1) is 0 Å². The van der Waals surface area contributed by atoms with Crippen LogP contribution in [-0.2, 0) is 6.54 Å². The summed E-state index contributed by atoms with van der Waals surface area (Å²) in [5.74, 6) is 0.673. The van der Waals surface area contributed by atoms with Gasteiger partial charge >= 0.3 is 0 Å². The van der Waals surface area contributed by atoms with E-state index in [1.807, 2.05) is 39.6 Å². The molecule has 2 aromatic heterocycles. The Morgan fingerprint density at radius 2 is 2.14 bits per heavy atom. The highest BCUT2D eigenvalue weighted by Crippen LogP contribution is 2.35.